The van der Waals surface area contributed by atoms with E-state index >= 15 is 0 Å². The fourth-order valence-corrected chi connectivity index (χ4v) is 4.09. The van der Waals surface area contributed by atoms with Gasteiger partial charge in [0.15, 0.2) is 9.84 Å². The Kier molecular flexibility index (Phi) is 4.54. The van der Waals surface area contributed by atoms with Crippen LogP contribution in [0.4, 0.5) is 0 Å². The molecule has 1 aromatic rings. The average molecular weight is 294 g/mol. The van der Waals surface area contributed by atoms with Gasteiger partial charge in [0.2, 0.25) is 5.91 Å². The van der Waals surface area contributed by atoms with E-state index in [1.54, 1.807) is 0 Å². The number of rotatable bonds is 4. The van der Waals surface area contributed by atoms with Gasteiger partial charge in [0, 0.05) is 6.42 Å². The maximum Gasteiger partial charge on any atom is 0.240 e. The lowest BCUT2D eigenvalue weighted by Gasteiger charge is -2.06. The fourth-order valence-electron chi connectivity index (χ4n) is 2.23. The first-order valence-electron chi connectivity index (χ1n) is 6.55. The molecule has 5 nitrogen and oxygen atoms in total. The number of hydrogen-bond acceptors (Lipinski definition) is 4. The molecular weight excluding hydrogens is 276 g/mol. The minimum Gasteiger partial charge on any atom is -0.273 e. The predicted molar refractivity (Wildman–Crippen MR) is 78.2 cm³/mol. The van der Waals surface area contributed by atoms with Crippen LogP contribution in [0.3, 0.4) is 0 Å². The molecule has 20 heavy (non-hydrogen) atoms. The Hall–Kier alpha value is -1.69. The van der Waals surface area contributed by atoms with Crippen molar-refractivity contribution in [3.8, 4) is 0 Å². The van der Waals surface area contributed by atoms with Crippen LogP contribution in [0.2, 0.25) is 0 Å². The Balaban J connectivity index is 1.86. The molecule has 1 N–H and O–H groups in total. The molecule has 1 heterocycles. The van der Waals surface area contributed by atoms with Crippen LogP contribution in [0.15, 0.2) is 35.4 Å². The second-order valence-corrected chi connectivity index (χ2v) is 7.30. The van der Waals surface area contributed by atoms with Crippen molar-refractivity contribution in [3.05, 3.63) is 35.9 Å². The molecule has 1 saturated heterocycles. The summed E-state index contributed by atoms with van der Waals surface area (Å²) in [6, 6.07) is 9.54. The van der Waals surface area contributed by atoms with Crippen LogP contribution in [0.5, 0.6) is 0 Å². The quantitative estimate of drug-likeness (QED) is 0.673. The topological polar surface area (TPSA) is 75.6 Å². The van der Waals surface area contributed by atoms with Crippen LogP contribution in [0.1, 0.15) is 25.3 Å². The lowest BCUT2D eigenvalue weighted by Crippen LogP contribution is -2.22. The largest absolute Gasteiger partial charge is 0.273 e. The number of amides is 1. The number of carbonyl (C=O) groups excluding carboxylic acids is 1. The summed E-state index contributed by atoms with van der Waals surface area (Å²) in [7, 11) is -2.93. The number of benzene rings is 1. The van der Waals surface area contributed by atoms with Crippen molar-refractivity contribution in [2.24, 2.45) is 11.0 Å². The van der Waals surface area contributed by atoms with Crippen LogP contribution in [0.25, 0.3) is 0 Å². The maximum atomic E-state index is 11.7. The zero-order valence-corrected chi connectivity index (χ0v) is 12.2. The van der Waals surface area contributed by atoms with Crippen molar-refractivity contribution >= 4 is 21.5 Å². The third kappa shape index (κ3) is 4.16. The average Bonchev–Trinajstić information content (AvgIpc) is 2.76. The molecule has 1 aliphatic heterocycles. The summed E-state index contributed by atoms with van der Waals surface area (Å²) in [5, 5.41) is 4.04. The normalized spacial score (nSPS) is 21.6. The van der Waals surface area contributed by atoms with Gasteiger partial charge in [0.05, 0.1) is 17.2 Å². The van der Waals surface area contributed by atoms with Crippen LogP contribution >= 0.6 is 0 Å². The van der Waals surface area contributed by atoms with E-state index in [0.29, 0.717) is 6.42 Å². The van der Waals surface area contributed by atoms with Crippen LogP contribution in [-0.2, 0) is 14.6 Å². The molecule has 1 amide bonds. The van der Waals surface area contributed by atoms with Gasteiger partial charge in [-0.1, -0.05) is 30.3 Å². The Morgan fingerprint density at radius 2 is 2.05 bits per heavy atom. The Labute approximate surface area is 119 Å². The van der Waals surface area contributed by atoms with Crippen LogP contribution in [0, 0.1) is 5.92 Å². The van der Waals surface area contributed by atoms with Gasteiger partial charge < -0.3 is 0 Å². The molecule has 0 radical (unpaired) electrons. The first-order chi connectivity index (χ1) is 9.46. The molecule has 108 valence electrons. The summed E-state index contributed by atoms with van der Waals surface area (Å²) in [6.45, 7) is 1.82. The van der Waals surface area contributed by atoms with E-state index in [1.165, 1.54) is 0 Å². The van der Waals surface area contributed by atoms with E-state index in [2.05, 4.69) is 10.5 Å². The molecule has 0 aliphatic carbocycles. The maximum absolute atomic E-state index is 11.7. The molecular formula is C14H18N2O3S. The van der Waals surface area contributed by atoms with Crippen molar-refractivity contribution in [3.63, 3.8) is 0 Å². The minimum atomic E-state index is -2.93. The van der Waals surface area contributed by atoms with Crippen molar-refractivity contribution in [1.82, 2.24) is 5.43 Å². The van der Waals surface area contributed by atoms with E-state index < -0.39 is 9.84 Å². The summed E-state index contributed by atoms with van der Waals surface area (Å²) in [5.74, 6) is -0.00592. The Morgan fingerprint density at radius 3 is 2.65 bits per heavy atom. The minimum absolute atomic E-state index is 0.0766. The Bertz CT molecular complexity index is 609. The lowest BCUT2D eigenvalue weighted by molar-refractivity contribution is -0.121. The van der Waals surface area contributed by atoms with Gasteiger partial charge in [0.1, 0.15) is 0 Å². The number of carbonyl (C=O) groups is 1. The number of hydrogen-bond donors (Lipinski definition) is 1. The van der Waals surface area contributed by atoms with Gasteiger partial charge in [-0.3, -0.25) is 4.79 Å². The number of nitrogens with zero attached hydrogens (tertiary/aromatic N) is 1. The second-order valence-electron chi connectivity index (χ2n) is 5.07. The molecule has 2 rings (SSSR count). The molecule has 1 aliphatic rings. The Morgan fingerprint density at radius 1 is 1.35 bits per heavy atom. The summed E-state index contributed by atoms with van der Waals surface area (Å²) in [5.41, 5.74) is 4.15. The predicted octanol–water partition coefficient (Wildman–Crippen LogP) is 1.35. The highest BCUT2D eigenvalue weighted by Gasteiger charge is 2.29. The molecule has 0 saturated carbocycles. The van der Waals surface area contributed by atoms with Gasteiger partial charge in [0.25, 0.3) is 0 Å². The van der Waals surface area contributed by atoms with E-state index in [0.717, 1.165) is 11.3 Å². The standard InChI is InChI=1S/C14H18N2O3S/c1-11(13-5-3-2-4-6-13)15-16-14(17)9-12-7-8-20(18,19)10-12/h2-6,12H,7-10H2,1H3,(H,16,17)/b15-11-/t12-/m1/s1. The zero-order valence-electron chi connectivity index (χ0n) is 11.4. The van der Waals surface area contributed by atoms with E-state index in [9.17, 15) is 13.2 Å². The third-order valence-electron chi connectivity index (χ3n) is 3.34. The monoisotopic (exact) mass is 294 g/mol. The molecule has 1 atom stereocenters. The second kappa shape index (κ2) is 6.17. The first-order valence-corrected chi connectivity index (χ1v) is 8.37. The van der Waals surface area contributed by atoms with Crippen LogP contribution in [-0.4, -0.2) is 31.5 Å². The molecule has 0 bridgehead atoms. The molecule has 0 unspecified atom stereocenters. The van der Waals surface area contributed by atoms with Gasteiger partial charge in [-0.25, -0.2) is 13.8 Å². The molecule has 6 heteroatoms. The summed E-state index contributed by atoms with van der Waals surface area (Å²) in [6.07, 6.45) is 0.780. The van der Waals surface area contributed by atoms with Gasteiger partial charge in [-0.05, 0) is 24.8 Å². The van der Waals surface area contributed by atoms with Gasteiger partial charge in [-0.2, -0.15) is 5.10 Å². The van der Waals surface area contributed by atoms with Crippen LogP contribution < -0.4 is 5.43 Å². The first kappa shape index (κ1) is 14.7. The fraction of sp³-hybridized carbons (Fsp3) is 0.429. The van der Waals surface area contributed by atoms with E-state index in [1.807, 2.05) is 37.3 Å². The molecule has 0 aromatic heterocycles. The highest BCUT2D eigenvalue weighted by molar-refractivity contribution is 7.91. The van der Waals surface area contributed by atoms with Crippen molar-refractivity contribution in [2.75, 3.05) is 11.5 Å². The third-order valence-corrected chi connectivity index (χ3v) is 5.18. The molecule has 1 fully saturated rings. The van der Waals surface area contributed by atoms with E-state index in [-0.39, 0.29) is 29.8 Å². The molecule has 0 spiro atoms. The van der Waals surface area contributed by atoms with Crippen molar-refractivity contribution in [1.29, 1.82) is 0 Å². The summed E-state index contributed by atoms with van der Waals surface area (Å²) < 4.78 is 22.6. The SMILES string of the molecule is C/C(=N/NC(=O)C[C@H]1CCS(=O)(=O)C1)c1ccccc1. The summed E-state index contributed by atoms with van der Waals surface area (Å²) >= 11 is 0. The zero-order chi connectivity index (χ0) is 14.6. The lowest BCUT2D eigenvalue weighted by atomic mass is 10.1. The summed E-state index contributed by atoms with van der Waals surface area (Å²) in [4.78, 5) is 11.7. The van der Waals surface area contributed by atoms with Gasteiger partial charge in [-0.15, -0.1) is 0 Å². The van der Waals surface area contributed by atoms with Crippen molar-refractivity contribution < 1.29 is 13.2 Å². The highest BCUT2D eigenvalue weighted by atomic mass is 32.2. The number of sulfone groups is 1. The van der Waals surface area contributed by atoms with E-state index in [4.69, 9.17) is 0 Å². The molecule has 1 aromatic carbocycles. The number of nitrogens with one attached hydrogen (secondary N) is 1. The van der Waals surface area contributed by atoms with Gasteiger partial charge >= 0.3 is 0 Å². The number of hydrazone groups is 1. The van der Waals surface area contributed by atoms with Crippen molar-refractivity contribution in [2.45, 2.75) is 19.8 Å². The highest BCUT2D eigenvalue weighted by Crippen LogP contribution is 2.21. The smallest absolute Gasteiger partial charge is 0.240 e.